The summed E-state index contributed by atoms with van der Waals surface area (Å²) in [6.45, 7) is 0. The number of hydrogen-bond acceptors (Lipinski definition) is 2. The van der Waals surface area contributed by atoms with Gasteiger partial charge in [0.1, 0.15) is 11.5 Å². The first-order valence-corrected chi connectivity index (χ1v) is 15.1. The van der Waals surface area contributed by atoms with Crippen LogP contribution in [-0.2, 0) is 11.0 Å². The number of para-hydroxylation sites is 1. The average Bonchev–Trinajstić information content (AvgIpc) is 3.40. The summed E-state index contributed by atoms with van der Waals surface area (Å²) in [6, 6.07) is 54.1. The van der Waals surface area contributed by atoms with Crippen LogP contribution in [0.4, 0.5) is 0 Å². The van der Waals surface area contributed by atoms with E-state index in [9.17, 15) is 4.57 Å². The monoisotopic (exact) mass is 536 g/mol. The molecule has 0 radical (unpaired) electrons. The first-order valence-electron chi connectivity index (χ1n) is 13.4. The van der Waals surface area contributed by atoms with E-state index in [1.807, 2.05) is 140 Å². The summed E-state index contributed by atoms with van der Waals surface area (Å²) in [6.07, 6.45) is 0.873. The molecule has 0 saturated carbocycles. The molecule has 1 aliphatic carbocycles. The van der Waals surface area contributed by atoms with Gasteiger partial charge in [-0.15, -0.1) is 0 Å². The molecule has 7 rings (SSSR count). The van der Waals surface area contributed by atoms with E-state index in [-0.39, 0.29) is 0 Å². The van der Waals surface area contributed by atoms with Gasteiger partial charge in [-0.05, 0) is 59.0 Å². The van der Waals surface area contributed by atoms with Gasteiger partial charge in [0, 0.05) is 15.9 Å². The lowest BCUT2D eigenvalue weighted by Gasteiger charge is -2.21. The Morgan fingerprint density at radius 1 is 0.425 bits per heavy atom. The second kappa shape index (κ2) is 11.6. The molecule has 0 bridgehead atoms. The Kier molecular flexibility index (Phi) is 7.44. The van der Waals surface area contributed by atoms with Crippen molar-refractivity contribution in [2.24, 2.45) is 0 Å². The molecule has 0 spiro atoms. The number of rotatable bonds is 5. The zero-order valence-electron chi connectivity index (χ0n) is 22.1. The highest BCUT2D eigenvalue weighted by Crippen LogP contribution is 2.45. The summed E-state index contributed by atoms with van der Waals surface area (Å²) in [5.74, 6) is 1.62. The third kappa shape index (κ3) is 5.27. The van der Waals surface area contributed by atoms with Crippen LogP contribution in [0.2, 0.25) is 0 Å². The van der Waals surface area contributed by atoms with Crippen LogP contribution in [0, 0.1) is 0 Å². The third-order valence-electron chi connectivity index (χ3n) is 7.09. The molecular formula is C37H29O2P. The quantitative estimate of drug-likeness (QED) is 0.207. The molecule has 40 heavy (non-hydrogen) atoms. The van der Waals surface area contributed by atoms with Crippen molar-refractivity contribution < 1.29 is 9.30 Å². The maximum Gasteiger partial charge on any atom is 0.171 e. The maximum atomic E-state index is 14.8. The highest BCUT2D eigenvalue weighted by atomic mass is 31.2. The molecule has 6 aromatic carbocycles. The minimum atomic E-state index is -3.02. The van der Waals surface area contributed by atoms with E-state index in [0.29, 0.717) is 0 Å². The van der Waals surface area contributed by atoms with E-state index in [2.05, 4.69) is 24.3 Å². The number of ether oxygens (including phenoxy) is 1. The summed E-state index contributed by atoms with van der Waals surface area (Å²) in [5, 5.41) is 2.55. The van der Waals surface area contributed by atoms with Gasteiger partial charge in [-0.2, -0.15) is 0 Å². The summed E-state index contributed by atoms with van der Waals surface area (Å²) < 4.78 is 20.9. The smallest absolute Gasteiger partial charge is 0.171 e. The van der Waals surface area contributed by atoms with Crippen LogP contribution in [0.3, 0.4) is 0 Å². The summed E-state index contributed by atoms with van der Waals surface area (Å²) in [7, 11) is -3.02. The van der Waals surface area contributed by atoms with Crippen LogP contribution < -0.4 is 20.7 Å². The maximum absolute atomic E-state index is 14.8. The SMILES string of the molecule is O=P(c1ccccc1)(c1ccccc1)c1ccc2c(c1)-c1cc(Oc3ccccc3)ccc1C2.c1ccccc1. The predicted molar refractivity (Wildman–Crippen MR) is 167 cm³/mol. The Bertz CT molecular complexity index is 1680. The second-order valence-electron chi connectivity index (χ2n) is 9.69. The normalized spacial score (nSPS) is 11.5. The van der Waals surface area contributed by atoms with Crippen molar-refractivity contribution in [1.29, 1.82) is 0 Å². The fourth-order valence-electron chi connectivity index (χ4n) is 5.13. The molecule has 194 valence electrons. The molecular weight excluding hydrogens is 507 g/mol. The average molecular weight is 537 g/mol. The van der Waals surface area contributed by atoms with E-state index in [0.717, 1.165) is 45.0 Å². The summed E-state index contributed by atoms with van der Waals surface area (Å²) >= 11 is 0. The lowest BCUT2D eigenvalue weighted by molar-refractivity contribution is 0.483. The zero-order valence-corrected chi connectivity index (χ0v) is 23.0. The molecule has 0 N–H and O–H groups in total. The molecule has 0 unspecified atom stereocenters. The van der Waals surface area contributed by atoms with Gasteiger partial charge < -0.3 is 9.30 Å². The van der Waals surface area contributed by atoms with Gasteiger partial charge in [0.15, 0.2) is 7.14 Å². The van der Waals surface area contributed by atoms with Gasteiger partial charge in [-0.3, -0.25) is 0 Å². The number of hydrogen-bond donors (Lipinski definition) is 0. The molecule has 0 aliphatic heterocycles. The fourth-order valence-corrected chi connectivity index (χ4v) is 7.80. The van der Waals surface area contributed by atoms with Gasteiger partial charge in [0.25, 0.3) is 0 Å². The van der Waals surface area contributed by atoms with E-state index < -0.39 is 7.14 Å². The van der Waals surface area contributed by atoms with Gasteiger partial charge in [-0.1, -0.05) is 133 Å². The van der Waals surface area contributed by atoms with Gasteiger partial charge in [0.2, 0.25) is 0 Å². The van der Waals surface area contributed by atoms with Crippen molar-refractivity contribution in [2.45, 2.75) is 6.42 Å². The topological polar surface area (TPSA) is 26.3 Å². The Labute approximate surface area is 235 Å². The molecule has 0 fully saturated rings. The lowest BCUT2D eigenvalue weighted by Crippen LogP contribution is -2.25. The van der Waals surface area contributed by atoms with Crippen molar-refractivity contribution in [1.82, 2.24) is 0 Å². The minimum Gasteiger partial charge on any atom is -0.457 e. The first kappa shape index (κ1) is 25.6. The van der Waals surface area contributed by atoms with Crippen LogP contribution in [0.25, 0.3) is 11.1 Å². The molecule has 0 heterocycles. The van der Waals surface area contributed by atoms with Crippen molar-refractivity contribution in [3.8, 4) is 22.6 Å². The largest absolute Gasteiger partial charge is 0.457 e. The van der Waals surface area contributed by atoms with Crippen LogP contribution in [-0.4, -0.2) is 0 Å². The zero-order chi connectivity index (χ0) is 27.2. The van der Waals surface area contributed by atoms with Crippen LogP contribution in [0.1, 0.15) is 11.1 Å². The Morgan fingerprint density at radius 3 is 1.43 bits per heavy atom. The van der Waals surface area contributed by atoms with Crippen molar-refractivity contribution in [2.75, 3.05) is 0 Å². The van der Waals surface area contributed by atoms with E-state index in [1.165, 1.54) is 11.1 Å². The molecule has 1 aliphatic rings. The third-order valence-corrected chi connectivity index (χ3v) is 10.2. The molecule has 3 heteroatoms. The Morgan fingerprint density at radius 2 is 0.875 bits per heavy atom. The van der Waals surface area contributed by atoms with Gasteiger partial charge >= 0.3 is 0 Å². The number of fused-ring (bicyclic) bond motifs is 3. The molecule has 0 amide bonds. The van der Waals surface area contributed by atoms with E-state index >= 15 is 0 Å². The molecule has 0 saturated heterocycles. The van der Waals surface area contributed by atoms with E-state index in [4.69, 9.17) is 4.74 Å². The van der Waals surface area contributed by atoms with Crippen molar-refractivity contribution in [3.05, 3.63) is 175 Å². The van der Waals surface area contributed by atoms with Crippen LogP contribution >= 0.6 is 7.14 Å². The Hall–Kier alpha value is -4.65. The molecule has 0 aromatic heterocycles. The fraction of sp³-hybridized carbons (Fsp3) is 0.0270. The van der Waals surface area contributed by atoms with Gasteiger partial charge in [0.05, 0.1) is 0 Å². The molecule has 0 atom stereocenters. The molecule has 2 nitrogen and oxygen atoms in total. The number of benzene rings is 6. The second-order valence-corrected chi connectivity index (χ2v) is 12.5. The lowest BCUT2D eigenvalue weighted by atomic mass is 10.1. The minimum absolute atomic E-state index is 0.803. The predicted octanol–water partition coefficient (Wildman–Crippen LogP) is 8.38. The standard InChI is InChI=1S/C31H23O2P.C6H6/c32-34(27-12-6-2-7-13-27,28-14-8-3-9-15-28)29-19-17-24-20-23-16-18-26(21-30(23)31(24)22-29)33-25-10-4-1-5-11-25;1-2-4-6-5-3-1/h1-19,21-22H,20H2;1-6H. The Balaban J connectivity index is 0.000000429. The van der Waals surface area contributed by atoms with Crippen LogP contribution in [0.15, 0.2) is 164 Å². The summed E-state index contributed by atoms with van der Waals surface area (Å²) in [4.78, 5) is 0. The summed E-state index contributed by atoms with van der Waals surface area (Å²) in [5.41, 5.74) is 4.81. The first-order chi connectivity index (χ1) is 19.7. The highest BCUT2D eigenvalue weighted by molar-refractivity contribution is 7.85. The molecule has 6 aromatic rings. The van der Waals surface area contributed by atoms with Gasteiger partial charge in [-0.25, -0.2) is 0 Å². The van der Waals surface area contributed by atoms with E-state index in [1.54, 1.807) is 0 Å². The highest BCUT2D eigenvalue weighted by Gasteiger charge is 2.31. The van der Waals surface area contributed by atoms with Crippen molar-refractivity contribution in [3.63, 3.8) is 0 Å². The van der Waals surface area contributed by atoms with Crippen LogP contribution in [0.5, 0.6) is 11.5 Å². The van der Waals surface area contributed by atoms with Crippen molar-refractivity contribution >= 4 is 23.1 Å².